The highest BCUT2D eigenvalue weighted by Crippen LogP contribution is 2.64. The van der Waals surface area contributed by atoms with Gasteiger partial charge < -0.3 is 9.84 Å². The fourth-order valence-corrected chi connectivity index (χ4v) is 9.13. The lowest BCUT2D eigenvalue weighted by molar-refractivity contribution is -0.131. The van der Waals surface area contributed by atoms with E-state index in [0.29, 0.717) is 28.1 Å². The molecule has 10 heteroatoms. The lowest BCUT2D eigenvalue weighted by atomic mass is 9.51. The molecule has 2 aliphatic carbocycles. The van der Waals surface area contributed by atoms with Gasteiger partial charge in [-0.05, 0) is 79.8 Å². The molecule has 4 amide bonds. The number of hydrogen-bond acceptors (Lipinski definition) is 7. The Labute approximate surface area is 299 Å². The molecule has 6 atom stereocenters. The molecular weight excluding hydrogens is 668 g/mol. The molecule has 9 nitrogen and oxygen atoms in total. The second-order valence-corrected chi connectivity index (χ2v) is 14.2. The Bertz CT molecular complexity index is 2170. The number of nitrogens with zero attached hydrogens (tertiary/aromatic N) is 2. The molecule has 0 aromatic heterocycles. The topological polar surface area (TPSA) is 121 Å². The molecule has 2 saturated heterocycles. The van der Waals surface area contributed by atoms with Gasteiger partial charge in [0.2, 0.25) is 23.6 Å². The van der Waals surface area contributed by atoms with Gasteiger partial charge in [-0.2, -0.15) is 0 Å². The van der Waals surface area contributed by atoms with Gasteiger partial charge in [-0.3, -0.25) is 28.9 Å². The summed E-state index contributed by atoms with van der Waals surface area (Å²) in [4.78, 5) is 72.9. The van der Waals surface area contributed by atoms with Crippen LogP contribution in [0.25, 0.3) is 0 Å². The highest BCUT2D eigenvalue weighted by Gasteiger charge is 2.67. The fourth-order valence-electron chi connectivity index (χ4n) is 8.91. The van der Waals surface area contributed by atoms with Gasteiger partial charge >= 0.3 is 0 Å². The van der Waals surface area contributed by atoms with E-state index < -0.39 is 35.0 Å². The van der Waals surface area contributed by atoms with Crippen molar-refractivity contribution in [1.82, 2.24) is 0 Å². The lowest BCUT2D eigenvalue weighted by Crippen LogP contribution is -2.48. The van der Waals surface area contributed by atoms with Gasteiger partial charge in [0.1, 0.15) is 0 Å². The number of amides is 4. The largest absolute Gasteiger partial charge is 0.503 e. The number of halogens is 1. The van der Waals surface area contributed by atoms with Crippen molar-refractivity contribution in [2.24, 2.45) is 29.1 Å². The fraction of sp³-hybridized carbons (Fsp3) is 0.244. The molecule has 51 heavy (non-hydrogen) atoms. The minimum Gasteiger partial charge on any atom is -0.503 e. The molecule has 8 rings (SSSR count). The van der Waals surface area contributed by atoms with Crippen molar-refractivity contribution in [3.05, 3.63) is 130 Å². The van der Waals surface area contributed by atoms with Crippen LogP contribution in [0.15, 0.2) is 109 Å². The zero-order valence-electron chi connectivity index (χ0n) is 27.8. The van der Waals surface area contributed by atoms with E-state index in [1.807, 2.05) is 12.1 Å². The lowest BCUT2D eigenvalue weighted by Gasteiger charge is -2.49. The van der Waals surface area contributed by atoms with Crippen LogP contribution in [0, 0.1) is 29.1 Å². The molecule has 0 spiro atoms. The Morgan fingerprint density at radius 2 is 1.43 bits per heavy atom. The summed E-state index contributed by atoms with van der Waals surface area (Å²) in [7, 11) is 1.40. The summed E-state index contributed by atoms with van der Waals surface area (Å²) < 4.78 is 5.45. The maximum atomic E-state index is 14.6. The van der Waals surface area contributed by atoms with Gasteiger partial charge in [-0.25, -0.2) is 4.90 Å². The van der Waals surface area contributed by atoms with Crippen molar-refractivity contribution >= 4 is 52.4 Å². The Morgan fingerprint density at radius 3 is 2.10 bits per heavy atom. The van der Waals surface area contributed by atoms with Gasteiger partial charge in [-0.1, -0.05) is 71.8 Å². The summed E-state index contributed by atoms with van der Waals surface area (Å²) in [5.41, 5.74) is 1.82. The first kappa shape index (κ1) is 32.7. The Kier molecular flexibility index (Phi) is 7.72. The first-order valence-corrected chi connectivity index (χ1v) is 17.2. The molecule has 256 valence electrons. The summed E-state index contributed by atoms with van der Waals surface area (Å²) in [5, 5.41) is 10.6. The summed E-state index contributed by atoms with van der Waals surface area (Å²) in [5.74, 6) is -5.33. The van der Waals surface area contributed by atoms with Gasteiger partial charge in [0.05, 0.1) is 46.7 Å². The number of carbonyl (C=O) groups is 5. The van der Waals surface area contributed by atoms with Crippen molar-refractivity contribution in [2.75, 3.05) is 16.9 Å². The number of imide groups is 2. The van der Waals surface area contributed by atoms with E-state index in [9.17, 15) is 29.1 Å². The number of rotatable bonds is 6. The average Bonchev–Trinajstić information content (AvgIpc) is 3.52. The van der Waals surface area contributed by atoms with E-state index in [0.717, 1.165) is 5.57 Å². The van der Waals surface area contributed by atoms with Crippen LogP contribution in [0.2, 0.25) is 5.02 Å². The summed E-state index contributed by atoms with van der Waals surface area (Å²) in [6, 6.07) is 27.3. The number of ether oxygens (including phenoxy) is 1. The number of allylic oxidation sites excluding steroid dienone is 2. The molecule has 4 aromatic rings. The van der Waals surface area contributed by atoms with E-state index in [1.54, 1.807) is 97.9 Å². The number of anilines is 2. The zero-order chi connectivity index (χ0) is 35.8. The summed E-state index contributed by atoms with van der Waals surface area (Å²) >= 11 is 6.52. The number of methoxy groups -OCH3 is 1. The van der Waals surface area contributed by atoms with Crippen LogP contribution in [-0.4, -0.2) is 41.6 Å². The number of ketones is 1. The number of carbonyl (C=O) groups excluding carboxylic acids is 5. The highest BCUT2D eigenvalue weighted by atomic mass is 35.5. The predicted molar refractivity (Wildman–Crippen MR) is 190 cm³/mol. The smallest absolute Gasteiger partial charge is 0.241 e. The summed E-state index contributed by atoms with van der Waals surface area (Å²) in [6.45, 7) is 1.79. The Balaban J connectivity index is 1.20. The van der Waals surface area contributed by atoms with Crippen LogP contribution in [0.1, 0.15) is 47.2 Å². The second-order valence-electron chi connectivity index (χ2n) is 13.8. The van der Waals surface area contributed by atoms with E-state index in [2.05, 4.69) is 0 Å². The van der Waals surface area contributed by atoms with Gasteiger partial charge in [0.15, 0.2) is 17.3 Å². The van der Waals surface area contributed by atoms with Crippen molar-refractivity contribution in [2.45, 2.75) is 25.7 Å². The van der Waals surface area contributed by atoms with Crippen molar-refractivity contribution in [3.8, 4) is 11.5 Å². The normalized spacial score (nSPS) is 26.8. The maximum absolute atomic E-state index is 14.6. The van der Waals surface area contributed by atoms with Crippen molar-refractivity contribution in [1.29, 1.82) is 0 Å². The summed E-state index contributed by atoms with van der Waals surface area (Å²) in [6.07, 6.45) is 2.39. The maximum Gasteiger partial charge on any atom is 0.241 e. The third-order valence-corrected chi connectivity index (χ3v) is 11.6. The van der Waals surface area contributed by atoms with E-state index in [1.165, 1.54) is 16.9 Å². The van der Waals surface area contributed by atoms with Crippen LogP contribution >= 0.6 is 11.6 Å². The monoisotopic (exact) mass is 700 g/mol. The number of phenolic OH excluding ortho intramolecular Hbond substituents is 1. The average molecular weight is 701 g/mol. The number of fused-ring (bicyclic) bond motifs is 4. The predicted octanol–water partition coefficient (Wildman–Crippen LogP) is 6.72. The van der Waals surface area contributed by atoms with Crippen LogP contribution in [0.4, 0.5) is 11.4 Å². The second kappa shape index (κ2) is 12.1. The minimum absolute atomic E-state index is 0.0186. The van der Waals surface area contributed by atoms with Gasteiger partial charge in [-0.15, -0.1) is 0 Å². The van der Waals surface area contributed by atoms with E-state index in [4.69, 9.17) is 16.3 Å². The van der Waals surface area contributed by atoms with Crippen LogP contribution < -0.4 is 14.5 Å². The molecule has 0 unspecified atom stereocenters. The standard InChI is InChI=1S/C41H33ClN2O7/c1-41-30(38(48)44(40(41)50)25-11-7-4-8-12-25)21-29-27(34(41)24-19-31(42)36(46)32(20-24)51-2)17-18-28-33(29)39(49)43(37(28)47)26-15-13-23(14-16-26)35(45)22-9-5-3-6-10-22/h3-17,19-20,28-30,33-34,46H,18,21H2,1-2H3/t28-,29+,30-,33-,34-,41+/m0/s1. The SMILES string of the molecule is COc1cc([C@H]2C3=CC[C@@H]4C(=O)N(c5ccc(C(=O)c6ccccc6)cc5)C(=O)[C@@H]4[C@@H]3C[C@H]3C(=O)N(c4ccccc4)C(=O)[C@@]23C)cc(Cl)c1O. The van der Waals surface area contributed by atoms with E-state index >= 15 is 0 Å². The molecular formula is C41H33ClN2O7. The molecule has 2 heterocycles. The first-order valence-electron chi connectivity index (χ1n) is 16.8. The van der Waals surface area contributed by atoms with Crippen molar-refractivity contribution < 1.29 is 33.8 Å². The number of aromatic hydroxyl groups is 1. The van der Waals surface area contributed by atoms with Gasteiger partial charge in [0.25, 0.3) is 0 Å². The van der Waals surface area contributed by atoms with Crippen LogP contribution in [-0.2, 0) is 19.2 Å². The molecule has 0 radical (unpaired) electrons. The third kappa shape index (κ3) is 4.78. The number of hydrogen-bond donors (Lipinski definition) is 1. The quantitative estimate of drug-likeness (QED) is 0.135. The number of para-hydroxylation sites is 1. The molecule has 3 fully saturated rings. The first-order chi connectivity index (χ1) is 24.6. The van der Waals surface area contributed by atoms with Crippen molar-refractivity contribution in [3.63, 3.8) is 0 Å². The molecule has 4 aliphatic rings. The van der Waals surface area contributed by atoms with Gasteiger partial charge in [0, 0.05) is 17.0 Å². The molecule has 0 bridgehead atoms. The zero-order valence-corrected chi connectivity index (χ0v) is 28.5. The third-order valence-electron chi connectivity index (χ3n) is 11.3. The van der Waals surface area contributed by atoms with Crippen LogP contribution in [0.5, 0.6) is 11.5 Å². The molecule has 4 aromatic carbocycles. The number of benzene rings is 4. The van der Waals surface area contributed by atoms with Crippen LogP contribution in [0.3, 0.4) is 0 Å². The molecule has 1 saturated carbocycles. The molecule has 2 aliphatic heterocycles. The Morgan fingerprint density at radius 1 is 0.804 bits per heavy atom. The minimum atomic E-state index is -1.28. The number of phenols is 1. The van der Waals surface area contributed by atoms with E-state index in [-0.39, 0.29) is 58.8 Å². The highest BCUT2D eigenvalue weighted by molar-refractivity contribution is 6.32. The Hall–Kier alpha value is -5.54. The molecule has 1 N–H and O–H groups in total.